The molecule has 0 aliphatic heterocycles. The molecule has 0 radical (unpaired) electrons. The van der Waals surface area contributed by atoms with Gasteiger partial charge in [-0.05, 0) is 5.56 Å². The first-order chi connectivity index (χ1) is 3.93. The first-order valence-electron chi connectivity index (χ1n) is 2.61. The Morgan fingerprint density at radius 1 is 1.00 bits per heavy atom. The molecular formula is C8H8Na2S. The fourth-order valence-corrected chi connectivity index (χ4v) is 0.589. The van der Waals surface area contributed by atoms with E-state index in [2.05, 4.69) is 6.58 Å². The molecule has 0 unspecified atom stereocenters. The molecule has 0 nitrogen and oxygen atoms in total. The SMILES string of the molecule is C=Cc1ccccc1.[Na+].[Na+].[S-2]. The van der Waals surface area contributed by atoms with Gasteiger partial charge in [0.2, 0.25) is 0 Å². The van der Waals surface area contributed by atoms with Gasteiger partial charge in [-0.2, -0.15) is 0 Å². The first-order valence-corrected chi connectivity index (χ1v) is 2.61. The summed E-state index contributed by atoms with van der Waals surface area (Å²) in [4.78, 5) is 0. The number of benzene rings is 1. The summed E-state index contributed by atoms with van der Waals surface area (Å²) >= 11 is 0. The van der Waals surface area contributed by atoms with Crippen LogP contribution >= 0.6 is 0 Å². The fourth-order valence-electron chi connectivity index (χ4n) is 0.589. The Hall–Kier alpha value is 1.31. The number of hydrogen-bond donors (Lipinski definition) is 0. The third kappa shape index (κ3) is 7.66. The molecule has 0 aromatic heterocycles. The zero-order valence-electron chi connectivity index (χ0n) is 7.08. The van der Waals surface area contributed by atoms with Gasteiger partial charge in [0.25, 0.3) is 0 Å². The molecule has 0 spiro atoms. The molecule has 0 saturated heterocycles. The zero-order chi connectivity index (χ0) is 5.82. The maximum atomic E-state index is 3.63. The van der Waals surface area contributed by atoms with Gasteiger partial charge in [-0.15, -0.1) is 0 Å². The Bertz CT molecular complexity index is 175. The van der Waals surface area contributed by atoms with E-state index in [-0.39, 0.29) is 72.6 Å². The summed E-state index contributed by atoms with van der Waals surface area (Å²) in [6.07, 6.45) is 1.83. The van der Waals surface area contributed by atoms with Crippen LogP contribution < -0.4 is 59.1 Å². The first kappa shape index (κ1) is 18.2. The third-order valence-electron chi connectivity index (χ3n) is 1.04. The molecule has 0 aliphatic rings. The van der Waals surface area contributed by atoms with Gasteiger partial charge in [-0.25, -0.2) is 0 Å². The molecule has 0 saturated carbocycles. The van der Waals surface area contributed by atoms with Crippen molar-refractivity contribution in [1.82, 2.24) is 0 Å². The Labute approximate surface area is 119 Å². The summed E-state index contributed by atoms with van der Waals surface area (Å²) in [6.45, 7) is 3.63. The van der Waals surface area contributed by atoms with Crippen LogP contribution in [0.2, 0.25) is 0 Å². The van der Waals surface area contributed by atoms with E-state index in [9.17, 15) is 0 Å². The minimum atomic E-state index is 0. The molecule has 1 aromatic rings. The standard InChI is InChI=1S/C8H8.2Na.S/c1-2-8-6-4-3-5-7-8;;;/h2-7H,1H2;;;/q;2*+1;-2. The van der Waals surface area contributed by atoms with Crippen LogP contribution in [0.4, 0.5) is 0 Å². The quantitative estimate of drug-likeness (QED) is 0.393. The average molecular weight is 182 g/mol. The molecule has 1 rings (SSSR count). The van der Waals surface area contributed by atoms with E-state index in [1.165, 1.54) is 5.56 Å². The van der Waals surface area contributed by atoms with Gasteiger partial charge in [-0.3, -0.25) is 0 Å². The second-order valence-corrected chi connectivity index (χ2v) is 1.61. The largest absolute Gasteiger partial charge is 2.00 e. The molecule has 0 aliphatic carbocycles. The van der Waals surface area contributed by atoms with Crippen molar-refractivity contribution in [3.63, 3.8) is 0 Å². The molecule has 3 heteroatoms. The van der Waals surface area contributed by atoms with E-state index < -0.39 is 0 Å². The molecular weight excluding hydrogens is 174 g/mol. The maximum Gasteiger partial charge on any atom is 1.00 e. The summed E-state index contributed by atoms with van der Waals surface area (Å²) in [7, 11) is 0. The van der Waals surface area contributed by atoms with Crippen LogP contribution in [0.5, 0.6) is 0 Å². The van der Waals surface area contributed by atoms with Crippen molar-refractivity contribution in [2.45, 2.75) is 0 Å². The van der Waals surface area contributed by atoms with Crippen LogP contribution in [0.3, 0.4) is 0 Å². The molecule has 0 heterocycles. The minimum absolute atomic E-state index is 0. The number of rotatable bonds is 1. The summed E-state index contributed by atoms with van der Waals surface area (Å²) < 4.78 is 0. The predicted molar refractivity (Wildman–Crippen MR) is 43.9 cm³/mol. The van der Waals surface area contributed by atoms with Crippen LogP contribution in [0.25, 0.3) is 6.08 Å². The molecule has 11 heavy (non-hydrogen) atoms. The molecule has 0 N–H and O–H groups in total. The molecule has 48 valence electrons. The minimum Gasteiger partial charge on any atom is -2.00 e. The van der Waals surface area contributed by atoms with E-state index in [1.54, 1.807) is 0 Å². The third-order valence-corrected chi connectivity index (χ3v) is 1.04. The van der Waals surface area contributed by atoms with E-state index in [4.69, 9.17) is 0 Å². The molecule has 0 amide bonds. The van der Waals surface area contributed by atoms with Crippen molar-refractivity contribution in [2.24, 2.45) is 0 Å². The van der Waals surface area contributed by atoms with Gasteiger partial charge in [0.1, 0.15) is 0 Å². The van der Waals surface area contributed by atoms with Crippen LogP contribution in [0.1, 0.15) is 5.56 Å². The van der Waals surface area contributed by atoms with Crippen molar-refractivity contribution in [1.29, 1.82) is 0 Å². The van der Waals surface area contributed by atoms with Gasteiger partial charge in [0, 0.05) is 0 Å². The summed E-state index contributed by atoms with van der Waals surface area (Å²) in [5.41, 5.74) is 1.17. The van der Waals surface area contributed by atoms with Crippen LogP contribution in [0, 0.1) is 0 Å². The summed E-state index contributed by atoms with van der Waals surface area (Å²) in [5, 5.41) is 0. The zero-order valence-corrected chi connectivity index (χ0v) is 11.9. The number of hydrogen-bond acceptors (Lipinski definition) is 0. The predicted octanol–water partition coefficient (Wildman–Crippen LogP) is -3.66. The van der Waals surface area contributed by atoms with Gasteiger partial charge in [0.05, 0.1) is 0 Å². The summed E-state index contributed by atoms with van der Waals surface area (Å²) in [5.74, 6) is 0. The van der Waals surface area contributed by atoms with Gasteiger partial charge in [-0.1, -0.05) is 43.0 Å². The van der Waals surface area contributed by atoms with Crippen molar-refractivity contribution >= 4 is 19.6 Å². The smallest absolute Gasteiger partial charge is 1.00 e. The topological polar surface area (TPSA) is 0 Å². The molecule has 0 bridgehead atoms. The Morgan fingerprint density at radius 3 is 1.73 bits per heavy atom. The van der Waals surface area contributed by atoms with Crippen molar-refractivity contribution in [3.8, 4) is 0 Å². The van der Waals surface area contributed by atoms with Crippen LogP contribution in [-0.2, 0) is 13.5 Å². The molecule has 0 fully saturated rings. The molecule has 0 atom stereocenters. The van der Waals surface area contributed by atoms with Gasteiger partial charge in [0.15, 0.2) is 0 Å². The van der Waals surface area contributed by atoms with E-state index in [1.807, 2.05) is 36.4 Å². The maximum absolute atomic E-state index is 3.63. The average Bonchev–Trinajstić information content (AvgIpc) is 1.90. The van der Waals surface area contributed by atoms with E-state index in [0.29, 0.717) is 0 Å². The Morgan fingerprint density at radius 2 is 1.45 bits per heavy atom. The second-order valence-electron chi connectivity index (χ2n) is 1.61. The van der Waals surface area contributed by atoms with Crippen molar-refractivity contribution in [3.05, 3.63) is 42.5 Å². The fraction of sp³-hybridized carbons (Fsp3) is 0. The van der Waals surface area contributed by atoms with Crippen LogP contribution in [0.15, 0.2) is 36.9 Å². The van der Waals surface area contributed by atoms with Gasteiger partial charge >= 0.3 is 59.1 Å². The molecule has 1 aromatic carbocycles. The van der Waals surface area contributed by atoms with E-state index in [0.717, 1.165) is 0 Å². The second kappa shape index (κ2) is 11.3. The van der Waals surface area contributed by atoms with Crippen molar-refractivity contribution in [2.75, 3.05) is 0 Å². The monoisotopic (exact) mass is 182 g/mol. The summed E-state index contributed by atoms with van der Waals surface area (Å²) in [6, 6.07) is 10.0. The normalized spacial score (nSPS) is 6.18. The Kier molecular flexibility index (Phi) is 18.7. The van der Waals surface area contributed by atoms with Crippen LogP contribution in [-0.4, -0.2) is 0 Å². The van der Waals surface area contributed by atoms with Gasteiger partial charge < -0.3 is 13.5 Å². The van der Waals surface area contributed by atoms with E-state index >= 15 is 0 Å². The Balaban J connectivity index is -0.000000213. The van der Waals surface area contributed by atoms with Crippen molar-refractivity contribution < 1.29 is 59.1 Å².